The van der Waals surface area contributed by atoms with Crippen LogP contribution < -0.4 is 5.32 Å². The van der Waals surface area contributed by atoms with Crippen LogP contribution in [-0.4, -0.2) is 7.05 Å². The van der Waals surface area contributed by atoms with Crippen LogP contribution in [0.15, 0.2) is 42.5 Å². The summed E-state index contributed by atoms with van der Waals surface area (Å²) < 4.78 is 14.1. The van der Waals surface area contributed by atoms with Crippen molar-refractivity contribution in [2.24, 2.45) is 0 Å². The van der Waals surface area contributed by atoms with Gasteiger partial charge in [-0.1, -0.05) is 48.0 Å². The first kappa shape index (κ1) is 13.6. The third-order valence-electron chi connectivity index (χ3n) is 4.19. The molecule has 0 amide bonds. The van der Waals surface area contributed by atoms with Crippen molar-refractivity contribution in [2.75, 3.05) is 7.05 Å². The lowest BCUT2D eigenvalue weighted by molar-refractivity contribution is 0.437. The van der Waals surface area contributed by atoms with Gasteiger partial charge in [-0.2, -0.15) is 0 Å². The van der Waals surface area contributed by atoms with Gasteiger partial charge < -0.3 is 5.32 Å². The molecule has 1 aliphatic carbocycles. The molecule has 0 aliphatic heterocycles. The van der Waals surface area contributed by atoms with Crippen LogP contribution in [0.3, 0.4) is 0 Å². The molecule has 0 bridgehead atoms. The second-order valence-electron chi connectivity index (χ2n) is 5.32. The second-order valence-corrected chi connectivity index (χ2v) is 5.73. The average Bonchev–Trinajstić information content (AvgIpc) is 2.44. The molecule has 0 radical (unpaired) electrons. The predicted molar refractivity (Wildman–Crippen MR) is 80.7 cm³/mol. The van der Waals surface area contributed by atoms with E-state index in [9.17, 15) is 4.39 Å². The normalized spacial score (nSPS) is 18.2. The highest BCUT2D eigenvalue weighted by Gasteiger charge is 2.29. The minimum Gasteiger partial charge on any atom is -0.313 e. The van der Waals surface area contributed by atoms with Gasteiger partial charge in [0.2, 0.25) is 0 Å². The van der Waals surface area contributed by atoms with E-state index in [0.29, 0.717) is 11.5 Å². The first-order valence-corrected chi connectivity index (χ1v) is 7.27. The molecule has 2 aromatic rings. The molecule has 3 heteroatoms. The summed E-state index contributed by atoms with van der Waals surface area (Å²) in [5.41, 5.74) is 3.47. The Morgan fingerprint density at radius 3 is 2.80 bits per heavy atom. The minimum atomic E-state index is -0.305. The van der Waals surface area contributed by atoms with Crippen molar-refractivity contribution >= 4 is 11.6 Å². The first-order valence-electron chi connectivity index (χ1n) is 6.89. The van der Waals surface area contributed by atoms with Gasteiger partial charge >= 0.3 is 0 Å². The maximum Gasteiger partial charge on any atom is 0.146 e. The van der Waals surface area contributed by atoms with Gasteiger partial charge in [-0.15, -0.1) is 0 Å². The van der Waals surface area contributed by atoms with Crippen molar-refractivity contribution in [1.82, 2.24) is 5.32 Å². The Morgan fingerprint density at radius 1 is 1.25 bits per heavy atom. The third-order valence-corrected chi connectivity index (χ3v) is 4.48. The number of hydrogen-bond acceptors (Lipinski definition) is 1. The molecular formula is C17H17ClFN. The molecule has 104 valence electrons. The van der Waals surface area contributed by atoms with Crippen LogP contribution in [0, 0.1) is 5.82 Å². The van der Waals surface area contributed by atoms with Gasteiger partial charge in [-0.05, 0) is 43.0 Å². The molecule has 0 fully saturated rings. The van der Waals surface area contributed by atoms with Gasteiger partial charge in [0, 0.05) is 11.6 Å². The van der Waals surface area contributed by atoms with Crippen LogP contribution in [0.25, 0.3) is 0 Å². The second kappa shape index (κ2) is 5.55. The maximum absolute atomic E-state index is 14.1. The van der Waals surface area contributed by atoms with Crippen molar-refractivity contribution in [1.29, 1.82) is 0 Å². The largest absolute Gasteiger partial charge is 0.313 e. The highest BCUT2D eigenvalue weighted by Crippen LogP contribution is 2.41. The fourth-order valence-corrected chi connectivity index (χ4v) is 3.23. The summed E-state index contributed by atoms with van der Waals surface area (Å²) >= 11 is 5.88. The van der Waals surface area contributed by atoms with Crippen LogP contribution in [0.2, 0.25) is 5.02 Å². The summed E-state index contributed by atoms with van der Waals surface area (Å²) in [6, 6.07) is 13.7. The van der Waals surface area contributed by atoms with E-state index in [1.165, 1.54) is 11.1 Å². The fourth-order valence-electron chi connectivity index (χ4n) is 3.05. The van der Waals surface area contributed by atoms with Gasteiger partial charge in [0.05, 0.1) is 5.02 Å². The zero-order chi connectivity index (χ0) is 14.1. The standard InChI is InChI=1S/C17H17ClFN/c1-20-16(14-7-4-8-15(18)17(14)19)10-12-9-11-5-2-3-6-13(11)12/h2-8,12,16,20H,9-10H2,1H3. The number of halogens is 2. The first-order chi connectivity index (χ1) is 9.70. The molecule has 1 nitrogen and oxygen atoms in total. The zero-order valence-corrected chi connectivity index (χ0v) is 12.1. The molecule has 1 aliphatic rings. The molecule has 3 rings (SSSR count). The maximum atomic E-state index is 14.1. The molecule has 1 N–H and O–H groups in total. The summed E-state index contributed by atoms with van der Waals surface area (Å²) in [4.78, 5) is 0. The summed E-state index contributed by atoms with van der Waals surface area (Å²) in [6.07, 6.45) is 1.97. The van der Waals surface area contributed by atoms with Crippen molar-refractivity contribution in [3.63, 3.8) is 0 Å². The fraction of sp³-hybridized carbons (Fsp3) is 0.294. The van der Waals surface area contributed by atoms with Crippen LogP contribution in [0.5, 0.6) is 0 Å². The molecule has 0 saturated carbocycles. The Labute approximate surface area is 123 Å². The van der Waals surface area contributed by atoms with E-state index in [1.807, 2.05) is 13.1 Å². The van der Waals surface area contributed by atoms with E-state index < -0.39 is 0 Å². The van der Waals surface area contributed by atoms with Crippen molar-refractivity contribution in [3.8, 4) is 0 Å². The zero-order valence-electron chi connectivity index (χ0n) is 11.4. The highest BCUT2D eigenvalue weighted by molar-refractivity contribution is 6.30. The Balaban J connectivity index is 1.81. The summed E-state index contributed by atoms with van der Waals surface area (Å²) in [6.45, 7) is 0. The van der Waals surface area contributed by atoms with Gasteiger partial charge in [0.25, 0.3) is 0 Å². The third kappa shape index (κ3) is 2.34. The molecule has 2 aromatic carbocycles. The van der Waals surface area contributed by atoms with E-state index >= 15 is 0 Å². The van der Waals surface area contributed by atoms with Crippen molar-refractivity contribution in [2.45, 2.75) is 24.8 Å². The predicted octanol–water partition coefficient (Wildman–Crippen LogP) is 4.47. The molecule has 2 unspecified atom stereocenters. The molecule has 0 spiro atoms. The Hall–Kier alpha value is -1.38. The van der Waals surface area contributed by atoms with Gasteiger partial charge in [-0.25, -0.2) is 4.39 Å². The summed E-state index contributed by atoms with van der Waals surface area (Å²) in [5, 5.41) is 3.41. The lowest BCUT2D eigenvalue weighted by Crippen LogP contribution is -2.25. The molecule has 2 atom stereocenters. The summed E-state index contributed by atoms with van der Waals surface area (Å²) in [5.74, 6) is 0.197. The topological polar surface area (TPSA) is 12.0 Å². The molecule has 0 aromatic heterocycles. The monoisotopic (exact) mass is 289 g/mol. The van der Waals surface area contributed by atoms with Crippen LogP contribution >= 0.6 is 11.6 Å². The van der Waals surface area contributed by atoms with E-state index in [1.54, 1.807) is 12.1 Å². The average molecular weight is 290 g/mol. The molecule has 20 heavy (non-hydrogen) atoms. The number of hydrogen-bond donors (Lipinski definition) is 1. The van der Waals surface area contributed by atoms with Crippen molar-refractivity contribution < 1.29 is 4.39 Å². The smallest absolute Gasteiger partial charge is 0.146 e. The van der Waals surface area contributed by atoms with Crippen molar-refractivity contribution in [3.05, 3.63) is 70.0 Å². The Kier molecular flexibility index (Phi) is 3.77. The molecule has 0 heterocycles. The summed E-state index contributed by atoms with van der Waals surface area (Å²) in [7, 11) is 1.87. The van der Waals surface area contributed by atoms with E-state index in [0.717, 1.165) is 12.8 Å². The lowest BCUT2D eigenvalue weighted by Gasteiger charge is -2.33. The SMILES string of the molecule is CNC(CC1Cc2ccccc21)c1cccc(Cl)c1F. The highest BCUT2D eigenvalue weighted by atomic mass is 35.5. The Bertz CT molecular complexity index is 626. The van der Waals surface area contributed by atoms with E-state index in [4.69, 9.17) is 11.6 Å². The minimum absolute atomic E-state index is 0.00736. The van der Waals surface area contributed by atoms with Gasteiger partial charge in [0.15, 0.2) is 0 Å². The number of benzene rings is 2. The molecular weight excluding hydrogens is 273 g/mol. The van der Waals surface area contributed by atoms with Crippen LogP contribution in [0.1, 0.15) is 35.1 Å². The Morgan fingerprint density at radius 2 is 2.05 bits per heavy atom. The van der Waals surface area contributed by atoms with Gasteiger partial charge in [-0.3, -0.25) is 0 Å². The quantitative estimate of drug-likeness (QED) is 0.876. The van der Waals surface area contributed by atoms with E-state index in [2.05, 4.69) is 29.6 Å². The molecule has 0 saturated heterocycles. The van der Waals surface area contributed by atoms with Gasteiger partial charge in [0.1, 0.15) is 5.82 Å². The van der Waals surface area contributed by atoms with E-state index in [-0.39, 0.29) is 16.9 Å². The van der Waals surface area contributed by atoms with Crippen LogP contribution in [-0.2, 0) is 6.42 Å². The number of fused-ring (bicyclic) bond motifs is 1. The number of nitrogens with one attached hydrogen (secondary N) is 1. The number of rotatable bonds is 4. The lowest BCUT2D eigenvalue weighted by atomic mass is 9.74. The van der Waals surface area contributed by atoms with Crippen LogP contribution in [0.4, 0.5) is 4.39 Å².